The van der Waals surface area contributed by atoms with Crippen LogP contribution in [0.2, 0.25) is 0 Å². The summed E-state index contributed by atoms with van der Waals surface area (Å²) in [4.78, 5) is 15.4. The largest absolute Gasteiger partial charge is 0.505 e. The van der Waals surface area contributed by atoms with Crippen LogP contribution in [0.25, 0.3) is 0 Å². The van der Waals surface area contributed by atoms with Crippen LogP contribution in [0.5, 0.6) is 5.75 Å². The summed E-state index contributed by atoms with van der Waals surface area (Å²) in [5.41, 5.74) is 0.334. The van der Waals surface area contributed by atoms with E-state index in [1.807, 2.05) is 0 Å². The first kappa shape index (κ1) is 11.2. The summed E-state index contributed by atoms with van der Waals surface area (Å²) in [6, 6.07) is 1.49. The molecule has 2 N–H and O–H groups in total. The highest BCUT2D eigenvalue weighted by Gasteiger charge is 2.41. The zero-order chi connectivity index (χ0) is 11.6. The quantitative estimate of drug-likeness (QED) is 0.785. The van der Waals surface area contributed by atoms with Crippen molar-refractivity contribution in [2.75, 3.05) is 12.4 Å². The smallest absolute Gasteiger partial charge is 0.255 e. The van der Waals surface area contributed by atoms with Crippen LogP contribution in [0.15, 0.2) is 18.5 Å². The molecule has 0 atom stereocenters. The Morgan fingerprint density at radius 2 is 2.38 bits per heavy atom. The maximum absolute atomic E-state index is 11.7. The van der Waals surface area contributed by atoms with Crippen LogP contribution in [0, 0.1) is 5.41 Å². The number of carbonyl (C=O) groups is 1. The number of pyridine rings is 1. The molecule has 1 amide bonds. The second-order valence-electron chi connectivity index (χ2n) is 4.21. The van der Waals surface area contributed by atoms with Crippen molar-refractivity contribution in [3.8, 4) is 5.75 Å². The van der Waals surface area contributed by atoms with Crippen LogP contribution in [0.4, 0.5) is 0 Å². The van der Waals surface area contributed by atoms with Crippen LogP contribution in [0.1, 0.15) is 23.2 Å². The SMILES string of the molecule is O=C(NCC1(CCl)CC1)c1ccncc1O. The van der Waals surface area contributed by atoms with E-state index in [0.717, 1.165) is 12.8 Å². The highest BCUT2D eigenvalue weighted by atomic mass is 35.5. The Balaban J connectivity index is 1.96. The average Bonchev–Trinajstić information content (AvgIpc) is 3.07. The molecule has 1 aromatic heterocycles. The van der Waals surface area contributed by atoms with E-state index in [2.05, 4.69) is 10.3 Å². The number of carbonyl (C=O) groups excluding carboxylic acids is 1. The van der Waals surface area contributed by atoms with Gasteiger partial charge in [-0.15, -0.1) is 11.6 Å². The number of nitrogens with zero attached hydrogens (tertiary/aromatic N) is 1. The summed E-state index contributed by atoms with van der Waals surface area (Å²) < 4.78 is 0. The maximum Gasteiger partial charge on any atom is 0.255 e. The number of nitrogens with one attached hydrogen (secondary N) is 1. The van der Waals surface area contributed by atoms with Crippen LogP contribution < -0.4 is 5.32 Å². The van der Waals surface area contributed by atoms with Crippen molar-refractivity contribution in [2.45, 2.75) is 12.8 Å². The number of hydrogen-bond acceptors (Lipinski definition) is 3. The second kappa shape index (κ2) is 4.29. The standard InChI is InChI=1S/C11H13ClN2O2/c12-6-11(2-3-11)7-14-10(16)8-1-4-13-5-9(8)15/h1,4-5,15H,2-3,6-7H2,(H,14,16). The zero-order valence-corrected chi connectivity index (χ0v) is 9.50. The minimum Gasteiger partial charge on any atom is -0.505 e. The molecule has 0 aromatic carbocycles. The van der Waals surface area contributed by atoms with Crippen molar-refractivity contribution in [1.82, 2.24) is 10.3 Å². The molecule has 4 nitrogen and oxygen atoms in total. The Bertz CT molecular complexity index is 405. The molecule has 0 spiro atoms. The predicted molar refractivity (Wildman–Crippen MR) is 60.6 cm³/mol. The van der Waals surface area contributed by atoms with Gasteiger partial charge in [-0.2, -0.15) is 0 Å². The number of aromatic hydroxyl groups is 1. The molecule has 16 heavy (non-hydrogen) atoms. The zero-order valence-electron chi connectivity index (χ0n) is 8.74. The Kier molecular flexibility index (Phi) is 3.01. The van der Waals surface area contributed by atoms with E-state index in [1.54, 1.807) is 0 Å². The van der Waals surface area contributed by atoms with Gasteiger partial charge in [-0.25, -0.2) is 0 Å². The van der Waals surface area contributed by atoms with Gasteiger partial charge in [0.05, 0.1) is 11.8 Å². The summed E-state index contributed by atoms with van der Waals surface area (Å²) in [5.74, 6) is 0.183. The first-order chi connectivity index (χ1) is 7.67. The van der Waals surface area contributed by atoms with E-state index in [-0.39, 0.29) is 22.6 Å². The van der Waals surface area contributed by atoms with Gasteiger partial charge < -0.3 is 10.4 Å². The fraction of sp³-hybridized carbons (Fsp3) is 0.455. The molecule has 0 bridgehead atoms. The molecule has 1 aliphatic rings. The first-order valence-corrected chi connectivity index (χ1v) is 5.67. The fourth-order valence-corrected chi connectivity index (χ4v) is 1.84. The Labute approximate surface area is 98.6 Å². The van der Waals surface area contributed by atoms with E-state index >= 15 is 0 Å². The summed E-state index contributed by atoms with van der Waals surface area (Å²) in [5, 5.41) is 12.2. The van der Waals surface area contributed by atoms with Crippen molar-refractivity contribution >= 4 is 17.5 Å². The topological polar surface area (TPSA) is 62.2 Å². The minimum absolute atomic E-state index is 0.0832. The van der Waals surface area contributed by atoms with Crippen LogP contribution >= 0.6 is 11.6 Å². The lowest BCUT2D eigenvalue weighted by atomic mass is 10.1. The van der Waals surface area contributed by atoms with Gasteiger partial charge in [-0.05, 0) is 18.9 Å². The third kappa shape index (κ3) is 2.27. The molecule has 2 rings (SSSR count). The molecule has 1 fully saturated rings. The number of aromatic nitrogens is 1. The Hall–Kier alpha value is -1.29. The molecule has 0 aliphatic heterocycles. The molecule has 1 aromatic rings. The lowest BCUT2D eigenvalue weighted by Gasteiger charge is -2.12. The number of hydrogen-bond donors (Lipinski definition) is 2. The highest BCUT2D eigenvalue weighted by molar-refractivity contribution is 6.18. The molecule has 0 saturated heterocycles. The van der Waals surface area contributed by atoms with Crippen molar-refractivity contribution in [3.63, 3.8) is 0 Å². The summed E-state index contributed by atoms with van der Waals surface area (Å²) in [6.45, 7) is 0.567. The van der Waals surface area contributed by atoms with Crippen LogP contribution in [0.3, 0.4) is 0 Å². The Morgan fingerprint density at radius 1 is 1.62 bits per heavy atom. The van der Waals surface area contributed by atoms with Crippen molar-refractivity contribution < 1.29 is 9.90 Å². The molecular formula is C11H13ClN2O2. The van der Waals surface area contributed by atoms with Crippen molar-refractivity contribution in [2.24, 2.45) is 5.41 Å². The van der Waals surface area contributed by atoms with Gasteiger partial charge in [0.25, 0.3) is 5.91 Å². The minimum atomic E-state index is -0.281. The molecule has 86 valence electrons. The molecule has 1 heterocycles. The number of amides is 1. The van der Waals surface area contributed by atoms with E-state index in [4.69, 9.17) is 11.6 Å². The monoisotopic (exact) mass is 240 g/mol. The van der Waals surface area contributed by atoms with Gasteiger partial charge in [0.2, 0.25) is 0 Å². The lowest BCUT2D eigenvalue weighted by molar-refractivity contribution is 0.0943. The molecule has 1 saturated carbocycles. The van der Waals surface area contributed by atoms with Gasteiger partial charge in [0.15, 0.2) is 0 Å². The molecule has 1 aliphatic carbocycles. The second-order valence-corrected chi connectivity index (χ2v) is 4.48. The summed E-state index contributed by atoms with van der Waals surface area (Å²) >= 11 is 5.81. The number of halogens is 1. The fourth-order valence-electron chi connectivity index (χ4n) is 1.48. The Morgan fingerprint density at radius 3 is 2.94 bits per heavy atom. The first-order valence-electron chi connectivity index (χ1n) is 5.14. The summed E-state index contributed by atoms with van der Waals surface area (Å²) in [6.07, 6.45) is 4.84. The van der Waals surface area contributed by atoms with Gasteiger partial charge in [-0.1, -0.05) is 0 Å². The molecule has 0 unspecified atom stereocenters. The van der Waals surface area contributed by atoms with E-state index in [0.29, 0.717) is 12.4 Å². The van der Waals surface area contributed by atoms with Crippen molar-refractivity contribution in [1.29, 1.82) is 0 Å². The predicted octanol–water partition coefficient (Wildman–Crippen LogP) is 1.54. The normalized spacial score (nSPS) is 16.8. The van der Waals surface area contributed by atoms with Crippen LogP contribution in [-0.4, -0.2) is 28.4 Å². The van der Waals surface area contributed by atoms with Crippen molar-refractivity contribution in [3.05, 3.63) is 24.0 Å². The van der Waals surface area contributed by atoms with Gasteiger partial charge >= 0.3 is 0 Å². The maximum atomic E-state index is 11.7. The number of alkyl halides is 1. The molecule has 5 heteroatoms. The van der Waals surface area contributed by atoms with E-state index < -0.39 is 0 Å². The van der Waals surface area contributed by atoms with Gasteiger partial charge in [0.1, 0.15) is 5.75 Å². The highest BCUT2D eigenvalue weighted by Crippen LogP contribution is 2.45. The van der Waals surface area contributed by atoms with E-state index in [1.165, 1.54) is 18.5 Å². The molecular weight excluding hydrogens is 228 g/mol. The van der Waals surface area contributed by atoms with Gasteiger partial charge in [0, 0.05) is 24.0 Å². The average molecular weight is 241 g/mol. The lowest BCUT2D eigenvalue weighted by Crippen LogP contribution is -2.31. The third-order valence-corrected chi connectivity index (χ3v) is 3.48. The summed E-state index contributed by atoms with van der Waals surface area (Å²) in [7, 11) is 0. The van der Waals surface area contributed by atoms with Crippen LogP contribution in [-0.2, 0) is 0 Å². The van der Waals surface area contributed by atoms with E-state index in [9.17, 15) is 9.90 Å². The van der Waals surface area contributed by atoms with Gasteiger partial charge in [-0.3, -0.25) is 9.78 Å². The molecule has 0 radical (unpaired) electrons. The number of rotatable bonds is 4. The third-order valence-electron chi connectivity index (χ3n) is 2.91.